The zero-order valence-corrected chi connectivity index (χ0v) is 16.1. The van der Waals surface area contributed by atoms with Crippen molar-refractivity contribution >= 4 is 50.0 Å². The first-order chi connectivity index (χ1) is 13.0. The summed E-state index contributed by atoms with van der Waals surface area (Å²) in [7, 11) is 0. The molecule has 0 atom stereocenters. The summed E-state index contributed by atoms with van der Waals surface area (Å²) < 4.78 is 0.817. The summed E-state index contributed by atoms with van der Waals surface area (Å²) in [6, 6.07) is 11.8. The fourth-order valence-corrected chi connectivity index (χ4v) is 2.90. The number of azo groups is 1. The van der Waals surface area contributed by atoms with E-state index < -0.39 is 5.91 Å². The van der Waals surface area contributed by atoms with Gasteiger partial charge in [-0.1, -0.05) is 22.9 Å². The van der Waals surface area contributed by atoms with Crippen molar-refractivity contribution in [3.8, 4) is 5.88 Å². The Morgan fingerprint density at radius 1 is 1.19 bits per heavy atom. The van der Waals surface area contributed by atoms with Crippen LogP contribution in [0.5, 0.6) is 5.88 Å². The lowest BCUT2D eigenvalue weighted by molar-refractivity contribution is -0.116. The Balaban J connectivity index is 1.76. The fraction of sp³-hybridized carbons (Fsp3) is 0.158. The Kier molecular flexibility index (Phi) is 5.66. The van der Waals surface area contributed by atoms with Crippen molar-refractivity contribution in [1.82, 2.24) is 4.98 Å². The number of fused-ring (bicyclic) bond motifs is 1. The van der Waals surface area contributed by atoms with Crippen LogP contribution in [0.3, 0.4) is 0 Å². The number of carbonyl (C=O) groups is 2. The molecule has 0 aliphatic carbocycles. The van der Waals surface area contributed by atoms with E-state index in [9.17, 15) is 14.7 Å². The third kappa shape index (κ3) is 4.40. The van der Waals surface area contributed by atoms with Gasteiger partial charge in [0.2, 0.25) is 11.8 Å². The first-order valence-corrected chi connectivity index (χ1v) is 9.13. The minimum Gasteiger partial charge on any atom is -0.493 e. The van der Waals surface area contributed by atoms with Crippen LogP contribution >= 0.6 is 15.9 Å². The molecule has 27 heavy (non-hydrogen) atoms. The van der Waals surface area contributed by atoms with Crippen LogP contribution in [0.25, 0.3) is 10.9 Å². The number of anilines is 1. The predicted molar refractivity (Wildman–Crippen MR) is 106 cm³/mol. The number of halogens is 1. The summed E-state index contributed by atoms with van der Waals surface area (Å²) in [5.74, 6) is -0.781. The van der Waals surface area contributed by atoms with Gasteiger partial charge in [0.05, 0.1) is 5.52 Å². The third-order valence-corrected chi connectivity index (χ3v) is 4.34. The minimum atomic E-state index is -0.551. The van der Waals surface area contributed by atoms with Gasteiger partial charge in [0.15, 0.2) is 5.69 Å². The number of hydrogen-bond donors (Lipinski definition) is 3. The summed E-state index contributed by atoms with van der Waals surface area (Å²) in [4.78, 5) is 26.6. The standard InChI is InChI=1S/C19H17BrN4O3/c1-2-3-16(25)21-13-7-4-11(5-8-13)18(26)24-23-17-14-10-12(20)6-9-15(14)22-19(17)27/h4-10,22,27H,2-3H2,1H3,(H,21,25). The molecular weight excluding hydrogens is 412 g/mol. The maximum atomic E-state index is 12.2. The monoisotopic (exact) mass is 428 g/mol. The molecule has 8 heteroatoms. The largest absolute Gasteiger partial charge is 0.493 e. The van der Waals surface area contributed by atoms with Crippen molar-refractivity contribution in [2.75, 3.05) is 5.32 Å². The van der Waals surface area contributed by atoms with Crippen molar-refractivity contribution in [1.29, 1.82) is 0 Å². The van der Waals surface area contributed by atoms with Gasteiger partial charge in [-0.2, -0.15) is 0 Å². The van der Waals surface area contributed by atoms with Crippen molar-refractivity contribution in [3.05, 3.63) is 52.5 Å². The van der Waals surface area contributed by atoms with Crippen LogP contribution in [0.15, 0.2) is 57.2 Å². The lowest BCUT2D eigenvalue weighted by atomic mass is 10.2. The SMILES string of the molecule is CCCC(=O)Nc1ccc(C(=O)N=Nc2c(O)[nH]c3ccc(Br)cc23)cc1. The second-order valence-corrected chi connectivity index (χ2v) is 6.81. The average Bonchev–Trinajstić information content (AvgIpc) is 2.95. The molecule has 2 amide bonds. The molecule has 0 spiro atoms. The van der Waals surface area contributed by atoms with E-state index in [1.54, 1.807) is 36.4 Å². The van der Waals surface area contributed by atoms with E-state index in [1.165, 1.54) is 0 Å². The highest BCUT2D eigenvalue weighted by atomic mass is 79.9. The highest BCUT2D eigenvalue weighted by Crippen LogP contribution is 2.36. The van der Waals surface area contributed by atoms with Crippen LogP contribution in [0.2, 0.25) is 0 Å². The second kappa shape index (κ2) is 8.13. The van der Waals surface area contributed by atoms with Crippen molar-refractivity contribution in [2.24, 2.45) is 10.2 Å². The Morgan fingerprint density at radius 2 is 1.93 bits per heavy atom. The lowest BCUT2D eigenvalue weighted by Gasteiger charge is -2.04. The molecular formula is C19H17BrN4O3. The molecule has 0 aliphatic rings. The van der Waals surface area contributed by atoms with Crippen LogP contribution in [0.1, 0.15) is 30.1 Å². The number of carbonyl (C=O) groups excluding carboxylic acids is 2. The Hall–Kier alpha value is -3.00. The number of amides is 2. The molecule has 3 rings (SSSR count). The van der Waals surface area contributed by atoms with Gasteiger partial charge in [0.25, 0.3) is 5.91 Å². The van der Waals surface area contributed by atoms with E-state index in [1.807, 2.05) is 13.0 Å². The van der Waals surface area contributed by atoms with Gasteiger partial charge in [-0.3, -0.25) is 9.59 Å². The zero-order valence-electron chi connectivity index (χ0n) is 14.5. The van der Waals surface area contributed by atoms with E-state index in [0.717, 1.165) is 10.9 Å². The molecule has 0 unspecified atom stereocenters. The topological polar surface area (TPSA) is 107 Å². The smallest absolute Gasteiger partial charge is 0.295 e. The molecule has 0 saturated heterocycles. The molecule has 0 fully saturated rings. The molecule has 1 heterocycles. The van der Waals surface area contributed by atoms with E-state index >= 15 is 0 Å². The van der Waals surface area contributed by atoms with Crippen molar-refractivity contribution < 1.29 is 14.7 Å². The predicted octanol–water partition coefficient (Wildman–Crippen LogP) is 5.30. The molecule has 3 aromatic rings. The van der Waals surface area contributed by atoms with Gasteiger partial charge in [-0.15, -0.1) is 10.2 Å². The van der Waals surface area contributed by atoms with Gasteiger partial charge in [0.1, 0.15) is 0 Å². The number of nitrogens with zero attached hydrogens (tertiary/aromatic N) is 2. The zero-order chi connectivity index (χ0) is 19.4. The summed E-state index contributed by atoms with van der Waals surface area (Å²) in [6.45, 7) is 1.93. The van der Waals surface area contributed by atoms with Crippen LogP contribution in [-0.2, 0) is 4.79 Å². The lowest BCUT2D eigenvalue weighted by Crippen LogP contribution is -2.10. The molecule has 2 aromatic carbocycles. The van der Waals surface area contributed by atoms with Gasteiger partial charge >= 0.3 is 0 Å². The van der Waals surface area contributed by atoms with Gasteiger partial charge in [0, 0.05) is 27.5 Å². The minimum absolute atomic E-state index is 0.0720. The number of hydrogen-bond acceptors (Lipinski definition) is 4. The Labute approximate surface area is 163 Å². The quantitative estimate of drug-likeness (QED) is 0.479. The number of benzene rings is 2. The fourth-order valence-electron chi connectivity index (χ4n) is 2.54. The molecule has 0 saturated carbocycles. The first-order valence-electron chi connectivity index (χ1n) is 8.34. The van der Waals surface area contributed by atoms with E-state index in [4.69, 9.17) is 0 Å². The highest BCUT2D eigenvalue weighted by Gasteiger charge is 2.12. The number of aromatic amines is 1. The van der Waals surface area contributed by atoms with Crippen molar-refractivity contribution in [2.45, 2.75) is 19.8 Å². The maximum Gasteiger partial charge on any atom is 0.295 e. The molecule has 3 N–H and O–H groups in total. The molecule has 0 bridgehead atoms. The Bertz CT molecular complexity index is 1030. The molecule has 0 radical (unpaired) electrons. The molecule has 1 aromatic heterocycles. The number of aromatic hydroxyl groups is 1. The van der Waals surface area contributed by atoms with Gasteiger partial charge in [-0.25, -0.2) is 0 Å². The van der Waals surface area contributed by atoms with E-state index in [-0.39, 0.29) is 17.5 Å². The summed E-state index contributed by atoms with van der Waals surface area (Å²) in [6.07, 6.45) is 1.21. The first kappa shape index (κ1) is 18.8. The second-order valence-electron chi connectivity index (χ2n) is 5.89. The van der Waals surface area contributed by atoms with Crippen molar-refractivity contribution in [3.63, 3.8) is 0 Å². The van der Waals surface area contributed by atoms with Crippen LogP contribution < -0.4 is 5.32 Å². The van der Waals surface area contributed by atoms with Crippen LogP contribution in [-0.4, -0.2) is 21.9 Å². The van der Waals surface area contributed by atoms with Gasteiger partial charge < -0.3 is 15.4 Å². The maximum absolute atomic E-state index is 12.2. The van der Waals surface area contributed by atoms with Crippen LogP contribution in [0, 0.1) is 0 Å². The van der Waals surface area contributed by atoms with E-state index in [0.29, 0.717) is 28.6 Å². The molecule has 138 valence electrons. The average molecular weight is 429 g/mol. The summed E-state index contributed by atoms with van der Waals surface area (Å²) in [5.41, 5.74) is 1.82. The summed E-state index contributed by atoms with van der Waals surface area (Å²) in [5, 5.41) is 21.0. The molecule has 0 aliphatic heterocycles. The summed E-state index contributed by atoms with van der Waals surface area (Å²) >= 11 is 3.36. The highest BCUT2D eigenvalue weighted by molar-refractivity contribution is 9.10. The van der Waals surface area contributed by atoms with Crippen LogP contribution in [0.4, 0.5) is 11.4 Å². The molecule has 7 nitrogen and oxygen atoms in total. The normalized spacial score (nSPS) is 11.2. The number of nitrogens with one attached hydrogen (secondary N) is 2. The van der Waals surface area contributed by atoms with Gasteiger partial charge in [-0.05, 0) is 48.9 Å². The number of aromatic nitrogens is 1. The number of H-pyrrole nitrogens is 1. The third-order valence-electron chi connectivity index (χ3n) is 3.85. The van der Waals surface area contributed by atoms with E-state index in [2.05, 4.69) is 36.5 Å². The number of rotatable bonds is 5. The Morgan fingerprint density at radius 3 is 2.63 bits per heavy atom.